The van der Waals surface area contributed by atoms with Crippen LogP contribution in [0.1, 0.15) is 6.42 Å². The Kier molecular flexibility index (Phi) is 2.19. The molecule has 0 radical (unpaired) electrons. The lowest BCUT2D eigenvalue weighted by Gasteiger charge is -1.95. The molecule has 0 aromatic heterocycles. The zero-order chi connectivity index (χ0) is 9.14. The van der Waals surface area contributed by atoms with Crippen molar-refractivity contribution in [2.75, 3.05) is 0 Å². The highest BCUT2D eigenvalue weighted by atomic mass is 16.4. The van der Waals surface area contributed by atoms with Crippen LogP contribution in [0.5, 0.6) is 0 Å². The average molecular weight is 167 g/mol. The minimum absolute atomic E-state index is 0.129. The van der Waals surface area contributed by atoms with Crippen LogP contribution in [0.15, 0.2) is 35.3 Å². The molecule has 0 aromatic rings. The van der Waals surface area contributed by atoms with Gasteiger partial charge in [-0.15, -0.1) is 0 Å². The van der Waals surface area contributed by atoms with Crippen LogP contribution >= 0.6 is 0 Å². The minimum Gasteiger partial charge on any atom is -0.507 e. The fraction of sp³-hybridized carbons (Fsp3) is 0.125. The Morgan fingerprint density at radius 1 is 1.58 bits per heavy atom. The quantitative estimate of drug-likeness (QED) is 0.536. The number of hydrogen-bond acceptors (Lipinski definition) is 3. The molecule has 0 saturated heterocycles. The molecule has 0 spiro atoms. The van der Waals surface area contributed by atoms with Gasteiger partial charge in [-0.25, -0.2) is 4.79 Å². The van der Waals surface area contributed by atoms with Gasteiger partial charge < -0.3 is 15.9 Å². The molecule has 4 nitrogen and oxygen atoms in total. The van der Waals surface area contributed by atoms with Gasteiger partial charge in [0, 0.05) is 12.1 Å². The molecule has 4 N–H and O–H groups in total. The van der Waals surface area contributed by atoms with Crippen molar-refractivity contribution in [1.82, 2.24) is 0 Å². The van der Waals surface area contributed by atoms with Crippen molar-refractivity contribution in [3.63, 3.8) is 0 Å². The monoisotopic (exact) mass is 167 g/mol. The van der Waals surface area contributed by atoms with E-state index in [1.807, 2.05) is 0 Å². The maximum absolute atomic E-state index is 10.5. The Balaban J connectivity index is 3.11. The fourth-order valence-corrected chi connectivity index (χ4v) is 0.891. The van der Waals surface area contributed by atoms with E-state index < -0.39 is 5.97 Å². The first kappa shape index (κ1) is 8.39. The number of hydrogen-bond donors (Lipinski definition) is 3. The maximum Gasteiger partial charge on any atom is 0.339 e. The molecule has 1 aliphatic rings. The van der Waals surface area contributed by atoms with Gasteiger partial charge in [0.05, 0.1) is 0 Å². The highest BCUT2D eigenvalue weighted by Gasteiger charge is 2.11. The third-order valence-electron chi connectivity index (χ3n) is 1.47. The van der Waals surface area contributed by atoms with Crippen molar-refractivity contribution in [2.45, 2.75) is 6.42 Å². The van der Waals surface area contributed by atoms with Gasteiger partial charge in [0.15, 0.2) is 0 Å². The third-order valence-corrected chi connectivity index (χ3v) is 1.47. The predicted molar refractivity (Wildman–Crippen MR) is 43.3 cm³/mol. The Morgan fingerprint density at radius 3 is 2.83 bits per heavy atom. The summed E-state index contributed by atoms with van der Waals surface area (Å²) in [5, 5.41) is 17.8. The fourth-order valence-electron chi connectivity index (χ4n) is 0.891. The van der Waals surface area contributed by atoms with E-state index in [0.29, 0.717) is 12.1 Å². The van der Waals surface area contributed by atoms with E-state index in [1.165, 1.54) is 12.2 Å². The molecule has 0 amide bonds. The zero-order valence-corrected chi connectivity index (χ0v) is 6.32. The second-order valence-electron chi connectivity index (χ2n) is 2.43. The van der Waals surface area contributed by atoms with Gasteiger partial charge in [-0.05, 0) is 12.2 Å². The number of carbonyl (C=O) groups is 1. The molecule has 0 atom stereocenters. The summed E-state index contributed by atoms with van der Waals surface area (Å²) in [7, 11) is 0. The van der Waals surface area contributed by atoms with Crippen molar-refractivity contribution in [3.05, 3.63) is 35.3 Å². The molecule has 4 heteroatoms. The summed E-state index contributed by atoms with van der Waals surface area (Å²) in [6, 6.07) is 0. The molecule has 0 aliphatic heterocycles. The second kappa shape index (κ2) is 3.13. The molecule has 0 aromatic carbocycles. The lowest BCUT2D eigenvalue weighted by Crippen LogP contribution is -2.01. The first-order chi connectivity index (χ1) is 5.61. The van der Waals surface area contributed by atoms with E-state index in [2.05, 4.69) is 0 Å². The molecule has 0 fully saturated rings. The van der Waals surface area contributed by atoms with E-state index in [0.717, 1.165) is 0 Å². The minimum atomic E-state index is -1.16. The largest absolute Gasteiger partial charge is 0.507 e. The zero-order valence-electron chi connectivity index (χ0n) is 6.32. The van der Waals surface area contributed by atoms with Crippen molar-refractivity contribution >= 4 is 5.97 Å². The highest BCUT2D eigenvalue weighted by molar-refractivity contribution is 5.91. The van der Waals surface area contributed by atoms with Crippen LogP contribution in [0, 0.1) is 0 Å². The summed E-state index contributed by atoms with van der Waals surface area (Å²) in [5.74, 6) is -1.46. The summed E-state index contributed by atoms with van der Waals surface area (Å²) in [4.78, 5) is 10.5. The highest BCUT2D eigenvalue weighted by Crippen LogP contribution is 2.12. The maximum atomic E-state index is 10.5. The second-order valence-corrected chi connectivity index (χ2v) is 2.43. The average Bonchev–Trinajstić information content (AvgIpc) is 2.10. The lowest BCUT2D eigenvalue weighted by atomic mass is 10.2. The number of nitrogens with two attached hydrogens (primary N) is 1. The number of aliphatic hydroxyl groups excluding tert-OH is 1. The molecule has 64 valence electrons. The van der Waals surface area contributed by atoms with Crippen molar-refractivity contribution < 1.29 is 15.0 Å². The molecule has 0 saturated carbocycles. The molecule has 1 aliphatic carbocycles. The van der Waals surface area contributed by atoms with Gasteiger partial charge in [-0.3, -0.25) is 0 Å². The van der Waals surface area contributed by atoms with Crippen LogP contribution in [-0.4, -0.2) is 16.2 Å². The van der Waals surface area contributed by atoms with Crippen molar-refractivity contribution in [2.24, 2.45) is 5.73 Å². The molecule has 0 heterocycles. The number of rotatable bonds is 1. The predicted octanol–water partition coefficient (Wildman–Crippen LogP) is 0.686. The molecular formula is C8H9NO3. The smallest absolute Gasteiger partial charge is 0.339 e. The first-order valence-corrected chi connectivity index (χ1v) is 3.40. The normalized spacial score (nSPS) is 17.2. The van der Waals surface area contributed by atoms with Crippen molar-refractivity contribution in [3.8, 4) is 0 Å². The van der Waals surface area contributed by atoms with Crippen LogP contribution in [0.25, 0.3) is 0 Å². The van der Waals surface area contributed by atoms with Gasteiger partial charge >= 0.3 is 5.97 Å². The van der Waals surface area contributed by atoms with E-state index in [4.69, 9.17) is 10.8 Å². The Labute approximate surface area is 69.3 Å². The number of allylic oxidation sites excluding steroid dienone is 2. The summed E-state index contributed by atoms with van der Waals surface area (Å²) in [5.41, 5.74) is 5.73. The Hall–Kier alpha value is -1.71. The molecule has 1 rings (SSSR count). The van der Waals surface area contributed by atoms with Gasteiger partial charge in [0.1, 0.15) is 11.3 Å². The first-order valence-electron chi connectivity index (χ1n) is 3.40. The number of aliphatic hydroxyl groups is 1. The SMILES string of the molecule is NC1=CC(O)=C(C(=O)O)C=CC1. The van der Waals surface area contributed by atoms with E-state index >= 15 is 0 Å². The number of aliphatic carboxylic acids is 1. The standard InChI is InChI=1S/C8H9NO3/c9-5-2-1-3-6(8(11)12)7(10)4-5/h1,3-4,10H,2,9H2,(H,11,12). The van der Waals surface area contributed by atoms with Gasteiger partial charge in [-0.2, -0.15) is 0 Å². The number of carboxylic acid groups (broad SMARTS) is 1. The van der Waals surface area contributed by atoms with E-state index in [-0.39, 0.29) is 11.3 Å². The summed E-state index contributed by atoms with van der Waals surface area (Å²) in [6.45, 7) is 0. The molecule has 12 heavy (non-hydrogen) atoms. The van der Waals surface area contributed by atoms with E-state index in [9.17, 15) is 9.90 Å². The van der Waals surface area contributed by atoms with Crippen LogP contribution in [0.3, 0.4) is 0 Å². The third kappa shape index (κ3) is 1.66. The molecular weight excluding hydrogens is 158 g/mol. The Morgan fingerprint density at radius 2 is 2.25 bits per heavy atom. The van der Waals surface area contributed by atoms with E-state index in [1.54, 1.807) is 6.08 Å². The molecule has 0 unspecified atom stereocenters. The van der Waals surface area contributed by atoms with Gasteiger partial charge in [0.2, 0.25) is 0 Å². The Bertz CT molecular complexity index is 299. The summed E-state index contributed by atoms with van der Waals surface area (Å²) >= 11 is 0. The van der Waals surface area contributed by atoms with Crippen LogP contribution in [0.4, 0.5) is 0 Å². The van der Waals surface area contributed by atoms with Gasteiger partial charge in [0.25, 0.3) is 0 Å². The van der Waals surface area contributed by atoms with Crippen LogP contribution in [0.2, 0.25) is 0 Å². The molecule has 0 bridgehead atoms. The topological polar surface area (TPSA) is 83.5 Å². The van der Waals surface area contributed by atoms with Crippen LogP contribution < -0.4 is 5.73 Å². The number of carboxylic acids is 1. The van der Waals surface area contributed by atoms with Crippen LogP contribution in [-0.2, 0) is 4.79 Å². The van der Waals surface area contributed by atoms with Gasteiger partial charge in [-0.1, -0.05) is 6.08 Å². The summed E-state index contributed by atoms with van der Waals surface area (Å²) < 4.78 is 0. The lowest BCUT2D eigenvalue weighted by molar-refractivity contribution is -0.132. The van der Waals surface area contributed by atoms with Crippen molar-refractivity contribution in [1.29, 1.82) is 0 Å². The summed E-state index contributed by atoms with van der Waals surface area (Å²) in [6.07, 6.45) is 4.65.